The molecule has 1 fully saturated rings. The van der Waals surface area contributed by atoms with Crippen LogP contribution < -0.4 is 10.4 Å². The van der Waals surface area contributed by atoms with E-state index < -0.39 is 11.8 Å². The Morgan fingerprint density at radius 3 is 2.35 bits per heavy atom. The Kier molecular flexibility index (Phi) is 4.11. The molecule has 1 aliphatic heterocycles. The van der Waals surface area contributed by atoms with E-state index in [9.17, 15) is 9.59 Å². The molecule has 0 aliphatic carbocycles. The number of hydrogen-bond donors (Lipinski definition) is 1. The standard InChI is InChI=1S/C17H12Cl2N2O2/c1-10-2-4-11(5-3-10)8-13-16(22)20-21(17(13)23)12-6-7-14(18)15(19)9-12/h2-9H,1H3,(H,20,22). The molecule has 1 aliphatic rings. The van der Waals surface area contributed by atoms with E-state index in [1.807, 2.05) is 31.2 Å². The van der Waals surface area contributed by atoms with Crippen LogP contribution in [0.1, 0.15) is 11.1 Å². The Balaban J connectivity index is 1.93. The molecule has 116 valence electrons. The maximum Gasteiger partial charge on any atom is 0.282 e. The molecule has 2 amide bonds. The van der Waals surface area contributed by atoms with Crippen LogP contribution in [-0.2, 0) is 9.59 Å². The number of amides is 2. The van der Waals surface area contributed by atoms with E-state index in [-0.39, 0.29) is 5.57 Å². The normalized spacial score (nSPS) is 16.1. The SMILES string of the molecule is Cc1ccc(C=C2C(=O)NN(c3ccc(Cl)c(Cl)c3)C2=O)cc1. The highest BCUT2D eigenvalue weighted by Gasteiger charge is 2.34. The highest BCUT2D eigenvalue weighted by molar-refractivity contribution is 6.42. The lowest BCUT2D eigenvalue weighted by molar-refractivity contribution is -0.117. The maximum atomic E-state index is 12.5. The molecular formula is C17H12Cl2N2O2. The van der Waals surface area contributed by atoms with Crippen molar-refractivity contribution in [2.24, 2.45) is 0 Å². The average molecular weight is 347 g/mol. The molecule has 0 aromatic heterocycles. The van der Waals surface area contributed by atoms with Gasteiger partial charge in [-0.05, 0) is 36.8 Å². The summed E-state index contributed by atoms with van der Waals surface area (Å²) in [6.07, 6.45) is 1.56. The predicted molar refractivity (Wildman–Crippen MR) is 91.2 cm³/mol. The largest absolute Gasteiger partial charge is 0.282 e. The van der Waals surface area contributed by atoms with Crippen molar-refractivity contribution < 1.29 is 9.59 Å². The van der Waals surface area contributed by atoms with E-state index in [0.29, 0.717) is 15.7 Å². The molecule has 1 heterocycles. The highest BCUT2D eigenvalue weighted by Crippen LogP contribution is 2.29. The zero-order valence-corrected chi connectivity index (χ0v) is 13.7. The predicted octanol–water partition coefficient (Wildman–Crippen LogP) is 3.76. The molecule has 0 spiro atoms. The summed E-state index contributed by atoms with van der Waals surface area (Å²) in [7, 11) is 0. The van der Waals surface area contributed by atoms with Crippen LogP contribution in [0.2, 0.25) is 10.0 Å². The molecular weight excluding hydrogens is 335 g/mol. The molecule has 1 saturated heterocycles. The number of aryl methyl sites for hydroxylation is 1. The third kappa shape index (κ3) is 3.09. The Hall–Kier alpha value is -2.30. The van der Waals surface area contributed by atoms with Gasteiger partial charge in [0, 0.05) is 0 Å². The maximum absolute atomic E-state index is 12.5. The van der Waals surface area contributed by atoms with Gasteiger partial charge in [-0.25, -0.2) is 5.01 Å². The summed E-state index contributed by atoms with van der Waals surface area (Å²) in [5.74, 6) is -0.893. The Morgan fingerprint density at radius 1 is 1.00 bits per heavy atom. The van der Waals surface area contributed by atoms with Crippen LogP contribution in [0.4, 0.5) is 5.69 Å². The van der Waals surface area contributed by atoms with Gasteiger partial charge in [-0.15, -0.1) is 0 Å². The van der Waals surface area contributed by atoms with Crippen molar-refractivity contribution in [1.82, 2.24) is 5.43 Å². The summed E-state index contributed by atoms with van der Waals surface area (Å²) in [6, 6.07) is 12.2. The fraction of sp³-hybridized carbons (Fsp3) is 0.0588. The summed E-state index contributed by atoms with van der Waals surface area (Å²) in [4.78, 5) is 24.6. The first-order valence-corrected chi connectivity index (χ1v) is 7.60. The van der Waals surface area contributed by atoms with E-state index in [2.05, 4.69) is 5.43 Å². The molecule has 0 radical (unpaired) electrons. The van der Waals surface area contributed by atoms with Crippen LogP contribution >= 0.6 is 23.2 Å². The van der Waals surface area contributed by atoms with Crippen LogP contribution in [0, 0.1) is 6.92 Å². The van der Waals surface area contributed by atoms with E-state index in [1.165, 1.54) is 6.07 Å². The first-order chi connectivity index (χ1) is 11.0. The van der Waals surface area contributed by atoms with E-state index in [4.69, 9.17) is 23.2 Å². The lowest BCUT2D eigenvalue weighted by Gasteiger charge is -2.15. The third-order valence-electron chi connectivity index (χ3n) is 3.44. The van der Waals surface area contributed by atoms with Crippen molar-refractivity contribution in [2.75, 3.05) is 5.01 Å². The van der Waals surface area contributed by atoms with Gasteiger partial charge in [0.2, 0.25) is 0 Å². The number of anilines is 1. The fourth-order valence-corrected chi connectivity index (χ4v) is 2.49. The summed E-state index contributed by atoms with van der Waals surface area (Å²) in [5.41, 5.74) is 4.93. The Labute approximate surface area is 143 Å². The molecule has 0 atom stereocenters. The van der Waals surface area contributed by atoms with Gasteiger partial charge in [0.15, 0.2) is 0 Å². The third-order valence-corrected chi connectivity index (χ3v) is 4.18. The van der Waals surface area contributed by atoms with E-state index in [1.54, 1.807) is 18.2 Å². The molecule has 0 bridgehead atoms. The molecule has 4 nitrogen and oxygen atoms in total. The van der Waals surface area contributed by atoms with Crippen LogP contribution in [0.25, 0.3) is 6.08 Å². The first-order valence-electron chi connectivity index (χ1n) is 6.84. The second-order valence-electron chi connectivity index (χ2n) is 5.15. The Morgan fingerprint density at radius 2 is 1.70 bits per heavy atom. The molecule has 0 unspecified atom stereocenters. The van der Waals surface area contributed by atoms with Gasteiger partial charge < -0.3 is 0 Å². The summed E-state index contributed by atoms with van der Waals surface area (Å²) >= 11 is 11.8. The summed E-state index contributed by atoms with van der Waals surface area (Å²) < 4.78 is 0. The summed E-state index contributed by atoms with van der Waals surface area (Å²) in [5, 5.41) is 1.84. The lowest BCUT2D eigenvalue weighted by atomic mass is 10.1. The van der Waals surface area contributed by atoms with Crippen molar-refractivity contribution in [3.63, 3.8) is 0 Å². The minimum atomic E-state index is -0.457. The van der Waals surface area contributed by atoms with Gasteiger partial charge in [-0.1, -0.05) is 53.0 Å². The smallest absolute Gasteiger partial charge is 0.267 e. The minimum Gasteiger partial charge on any atom is -0.267 e. The van der Waals surface area contributed by atoms with Crippen molar-refractivity contribution >= 4 is 46.8 Å². The monoisotopic (exact) mass is 346 g/mol. The number of carbonyl (C=O) groups is 2. The van der Waals surface area contributed by atoms with Gasteiger partial charge >= 0.3 is 0 Å². The average Bonchev–Trinajstić information content (AvgIpc) is 2.80. The van der Waals surface area contributed by atoms with Gasteiger partial charge in [0.1, 0.15) is 5.57 Å². The minimum absolute atomic E-state index is 0.0694. The van der Waals surface area contributed by atoms with Crippen molar-refractivity contribution in [1.29, 1.82) is 0 Å². The van der Waals surface area contributed by atoms with Gasteiger partial charge in [-0.3, -0.25) is 15.0 Å². The van der Waals surface area contributed by atoms with Crippen molar-refractivity contribution in [3.8, 4) is 0 Å². The van der Waals surface area contributed by atoms with E-state index >= 15 is 0 Å². The van der Waals surface area contributed by atoms with Crippen LogP contribution in [0.3, 0.4) is 0 Å². The van der Waals surface area contributed by atoms with Crippen LogP contribution in [0.5, 0.6) is 0 Å². The van der Waals surface area contributed by atoms with Crippen LogP contribution in [0.15, 0.2) is 48.0 Å². The Bertz CT molecular complexity index is 829. The molecule has 23 heavy (non-hydrogen) atoms. The van der Waals surface area contributed by atoms with Crippen molar-refractivity contribution in [2.45, 2.75) is 6.92 Å². The lowest BCUT2D eigenvalue weighted by Crippen LogP contribution is -2.35. The van der Waals surface area contributed by atoms with Crippen LogP contribution in [-0.4, -0.2) is 11.8 Å². The number of benzene rings is 2. The van der Waals surface area contributed by atoms with Gasteiger partial charge in [0.05, 0.1) is 15.7 Å². The zero-order valence-electron chi connectivity index (χ0n) is 12.1. The number of hydrogen-bond acceptors (Lipinski definition) is 2. The number of carbonyl (C=O) groups excluding carboxylic acids is 2. The molecule has 6 heteroatoms. The first kappa shape index (κ1) is 15.6. The zero-order chi connectivity index (χ0) is 16.6. The second kappa shape index (κ2) is 6.07. The number of halogens is 2. The number of nitrogens with zero attached hydrogens (tertiary/aromatic N) is 1. The quantitative estimate of drug-likeness (QED) is 0.664. The van der Waals surface area contributed by atoms with Crippen molar-refractivity contribution in [3.05, 3.63) is 69.2 Å². The highest BCUT2D eigenvalue weighted by atomic mass is 35.5. The summed E-state index contributed by atoms with van der Waals surface area (Å²) in [6.45, 7) is 1.97. The molecule has 0 saturated carbocycles. The number of hydrazine groups is 1. The molecule has 2 aromatic carbocycles. The molecule has 1 N–H and O–H groups in total. The number of rotatable bonds is 2. The number of nitrogens with one attached hydrogen (secondary N) is 1. The topological polar surface area (TPSA) is 49.4 Å². The second-order valence-corrected chi connectivity index (χ2v) is 5.96. The van der Waals surface area contributed by atoms with E-state index in [0.717, 1.165) is 16.1 Å². The molecule has 2 aromatic rings. The fourth-order valence-electron chi connectivity index (χ4n) is 2.19. The van der Waals surface area contributed by atoms with Gasteiger partial charge in [0.25, 0.3) is 11.8 Å². The van der Waals surface area contributed by atoms with Gasteiger partial charge in [-0.2, -0.15) is 0 Å². The molecule has 3 rings (SSSR count).